The maximum Gasteiger partial charge on any atom is 0.0791 e. The standard InChI is InChI=1S/C14H31N3O/c1-13(2)10-15-11-14(18)12-16(3)8-9-17-6-4-5-7-17/h13-15,18H,4-12H2,1-3H3. The molecule has 0 aromatic heterocycles. The molecule has 0 spiro atoms. The van der Waals surface area contributed by atoms with Crippen LogP contribution in [-0.4, -0.2) is 73.9 Å². The number of aliphatic hydroxyl groups excluding tert-OH is 1. The summed E-state index contributed by atoms with van der Waals surface area (Å²) in [7, 11) is 2.10. The SMILES string of the molecule is CC(C)CNCC(O)CN(C)CCN1CCCC1. The molecule has 1 aliphatic heterocycles. The van der Waals surface area contributed by atoms with E-state index in [-0.39, 0.29) is 6.10 Å². The number of hydrogen-bond acceptors (Lipinski definition) is 4. The molecule has 1 fully saturated rings. The molecule has 0 amide bonds. The van der Waals surface area contributed by atoms with Crippen molar-refractivity contribution >= 4 is 0 Å². The van der Waals surface area contributed by atoms with Gasteiger partial charge < -0.3 is 20.2 Å². The van der Waals surface area contributed by atoms with Crippen LogP contribution in [0.2, 0.25) is 0 Å². The minimum atomic E-state index is -0.257. The Morgan fingerprint density at radius 3 is 2.50 bits per heavy atom. The summed E-state index contributed by atoms with van der Waals surface area (Å²) in [5, 5.41) is 13.2. The lowest BCUT2D eigenvalue weighted by Crippen LogP contribution is -2.40. The van der Waals surface area contributed by atoms with E-state index in [0.717, 1.165) is 26.2 Å². The first-order valence-corrected chi connectivity index (χ1v) is 7.37. The lowest BCUT2D eigenvalue weighted by molar-refractivity contribution is 0.118. The average molecular weight is 257 g/mol. The van der Waals surface area contributed by atoms with E-state index in [0.29, 0.717) is 12.5 Å². The van der Waals surface area contributed by atoms with Gasteiger partial charge in [0.25, 0.3) is 0 Å². The van der Waals surface area contributed by atoms with Crippen molar-refractivity contribution in [1.82, 2.24) is 15.1 Å². The fourth-order valence-electron chi connectivity index (χ4n) is 2.37. The number of likely N-dealkylation sites (tertiary alicyclic amines) is 1. The van der Waals surface area contributed by atoms with Crippen LogP contribution in [0.1, 0.15) is 26.7 Å². The van der Waals surface area contributed by atoms with Crippen molar-refractivity contribution in [3.8, 4) is 0 Å². The summed E-state index contributed by atoms with van der Waals surface area (Å²) in [6.07, 6.45) is 2.45. The highest BCUT2D eigenvalue weighted by Gasteiger charge is 2.13. The van der Waals surface area contributed by atoms with Gasteiger partial charge in [-0.3, -0.25) is 0 Å². The molecule has 0 bridgehead atoms. The second-order valence-corrected chi connectivity index (χ2v) is 6.02. The summed E-state index contributed by atoms with van der Waals surface area (Å²) >= 11 is 0. The summed E-state index contributed by atoms with van der Waals surface area (Å²) in [6, 6.07) is 0. The van der Waals surface area contributed by atoms with E-state index in [1.165, 1.54) is 25.9 Å². The quantitative estimate of drug-likeness (QED) is 0.635. The normalized spacial score (nSPS) is 19.0. The molecule has 1 rings (SSSR count). The molecule has 1 saturated heterocycles. The lowest BCUT2D eigenvalue weighted by atomic mass is 10.2. The summed E-state index contributed by atoms with van der Waals surface area (Å²) in [4.78, 5) is 4.75. The van der Waals surface area contributed by atoms with Crippen molar-refractivity contribution in [3.63, 3.8) is 0 Å². The minimum absolute atomic E-state index is 0.257. The first kappa shape index (κ1) is 15.9. The van der Waals surface area contributed by atoms with Gasteiger partial charge in [0.2, 0.25) is 0 Å². The third-order valence-electron chi connectivity index (χ3n) is 3.45. The van der Waals surface area contributed by atoms with E-state index in [1.54, 1.807) is 0 Å². The maximum absolute atomic E-state index is 9.91. The van der Waals surface area contributed by atoms with E-state index in [2.05, 4.69) is 36.0 Å². The highest BCUT2D eigenvalue weighted by Crippen LogP contribution is 2.06. The number of hydrogen-bond donors (Lipinski definition) is 2. The fourth-order valence-corrected chi connectivity index (χ4v) is 2.37. The van der Waals surface area contributed by atoms with Crippen molar-refractivity contribution < 1.29 is 5.11 Å². The van der Waals surface area contributed by atoms with Crippen molar-refractivity contribution in [2.24, 2.45) is 5.92 Å². The largest absolute Gasteiger partial charge is 0.390 e. The van der Waals surface area contributed by atoms with Crippen LogP contribution in [0.15, 0.2) is 0 Å². The molecule has 1 aliphatic rings. The molecule has 0 radical (unpaired) electrons. The Kier molecular flexibility index (Phi) is 7.82. The van der Waals surface area contributed by atoms with Crippen molar-refractivity contribution in [1.29, 1.82) is 0 Å². The fraction of sp³-hybridized carbons (Fsp3) is 1.00. The van der Waals surface area contributed by atoms with Gasteiger partial charge in [-0.15, -0.1) is 0 Å². The third kappa shape index (κ3) is 7.31. The highest BCUT2D eigenvalue weighted by molar-refractivity contribution is 4.69. The summed E-state index contributed by atoms with van der Waals surface area (Å²) in [5.74, 6) is 0.644. The predicted molar refractivity (Wildman–Crippen MR) is 76.9 cm³/mol. The zero-order chi connectivity index (χ0) is 13.4. The number of aliphatic hydroxyl groups is 1. The molecule has 0 aliphatic carbocycles. The molecular formula is C14H31N3O. The maximum atomic E-state index is 9.91. The van der Waals surface area contributed by atoms with Gasteiger partial charge in [-0.25, -0.2) is 0 Å². The van der Waals surface area contributed by atoms with E-state index < -0.39 is 0 Å². The van der Waals surface area contributed by atoms with Gasteiger partial charge in [-0.1, -0.05) is 13.8 Å². The second kappa shape index (κ2) is 8.86. The van der Waals surface area contributed by atoms with Crippen LogP contribution in [0, 0.1) is 5.92 Å². The summed E-state index contributed by atoms with van der Waals surface area (Å²) in [5.41, 5.74) is 0. The van der Waals surface area contributed by atoms with Crippen LogP contribution < -0.4 is 5.32 Å². The first-order valence-electron chi connectivity index (χ1n) is 7.37. The van der Waals surface area contributed by atoms with Crippen molar-refractivity contribution in [2.45, 2.75) is 32.8 Å². The number of nitrogens with zero attached hydrogens (tertiary/aromatic N) is 2. The van der Waals surface area contributed by atoms with Gasteiger partial charge in [0.05, 0.1) is 6.10 Å². The molecule has 4 heteroatoms. The third-order valence-corrected chi connectivity index (χ3v) is 3.45. The zero-order valence-corrected chi connectivity index (χ0v) is 12.4. The van der Waals surface area contributed by atoms with E-state index in [9.17, 15) is 5.11 Å². The molecule has 4 nitrogen and oxygen atoms in total. The van der Waals surface area contributed by atoms with Crippen LogP contribution in [0.3, 0.4) is 0 Å². The monoisotopic (exact) mass is 257 g/mol. The molecule has 2 N–H and O–H groups in total. The average Bonchev–Trinajstić information content (AvgIpc) is 2.78. The Balaban J connectivity index is 2.01. The Morgan fingerprint density at radius 1 is 1.22 bits per heavy atom. The molecular weight excluding hydrogens is 226 g/mol. The second-order valence-electron chi connectivity index (χ2n) is 6.02. The van der Waals surface area contributed by atoms with Gasteiger partial charge in [-0.2, -0.15) is 0 Å². The molecule has 0 aromatic rings. The molecule has 1 heterocycles. The van der Waals surface area contributed by atoms with Crippen LogP contribution in [0.5, 0.6) is 0 Å². The van der Waals surface area contributed by atoms with Crippen LogP contribution in [0.25, 0.3) is 0 Å². The van der Waals surface area contributed by atoms with Gasteiger partial charge >= 0.3 is 0 Å². The molecule has 108 valence electrons. The van der Waals surface area contributed by atoms with E-state index in [4.69, 9.17) is 0 Å². The van der Waals surface area contributed by atoms with Gasteiger partial charge in [0.15, 0.2) is 0 Å². The molecule has 0 saturated carbocycles. The smallest absolute Gasteiger partial charge is 0.0791 e. The van der Waals surface area contributed by atoms with Crippen molar-refractivity contribution in [3.05, 3.63) is 0 Å². The number of likely N-dealkylation sites (N-methyl/N-ethyl adjacent to an activating group) is 1. The van der Waals surface area contributed by atoms with E-state index >= 15 is 0 Å². The number of rotatable bonds is 9. The molecule has 1 atom stereocenters. The summed E-state index contributed by atoms with van der Waals surface area (Å²) < 4.78 is 0. The van der Waals surface area contributed by atoms with Crippen LogP contribution in [0.4, 0.5) is 0 Å². The topological polar surface area (TPSA) is 38.7 Å². The Bertz CT molecular complexity index is 205. The number of nitrogens with one attached hydrogen (secondary N) is 1. The Hall–Kier alpha value is -0.160. The Labute approximate surface area is 112 Å². The molecule has 0 aromatic carbocycles. The van der Waals surface area contributed by atoms with Crippen LogP contribution >= 0.6 is 0 Å². The van der Waals surface area contributed by atoms with E-state index in [1.807, 2.05) is 0 Å². The first-order chi connectivity index (χ1) is 8.58. The zero-order valence-electron chi connectivity index (χ0n) is 12.4. The Morgan fingerprint density at radius 2 is 1.89 bits per heavy atom. The molecule has 18 heavy (non-hydrogen) atoms. The van der Waals surface area contributed by atoms with Gasteiger partial charge in [-0.05, 0) is 45.4 Å². The molecule has 1 unspecified atom stereocenters. The van der Waals surface area contributed by atoms with Crippen LogP contribution in [-0.2, 0) is 0 Å². The predicted octanol–water partition coefficient (Wildman–Crippen LogP) is 0.621. The highest BCUT2D eigenvalue weighted by atomic mass is 16.3. The summed E-state index contributed by atoms with van der Waals surface area (Å²) in [6.45, 7) is 11.5. The van der Waals surface area contributed by atoms with Gasteiger partial charge in [0, 0.05) is 26.2 Å². The lowest BCUT2D eigenvalue weighted by Gasteiger charge is -2.23. The van der Waals surface area contributed by atoms with Gasteiger partial charge in [0.1, 0.15) is 0 Å². The van der Waals surface area contributed by atoms with Crippen molar-refractivity contribution in [2.75, 3.05) is 52.9 Å². The minimum Gasteiger partial charge on any atom is -0.390 e.